The molecule has 0 unspecified atom stereocenters. The Bertz CT molecular complexity index is 490. The van der Waals surface area contributed by atoms with Crippen LogP contribution in [0.3, 0.4) is 0 Å². The van der Waals surface area contributed by atoms with Gasteiger partial charge in [0.1, 0.15) is 0 Å². The maximum Gasteiger partial charge on any atom is 0.233 e. The molecule has 0 atom stereocenters. The first-order chi connectivity index (χ1) is 8.13. The van der Waals surface area contributed by atoms with E-state index >= 15 is 0 Å². The molecule has 17 heavy (non-hydrogen) atoms. The minimum absolute atomic E-state index is 0.629. The molecule has 2 aromatic rings. The fraction of sp³-hybridized carbons (Fsp3) is 0.167. The van der Waals surface area contributed by atoms with Gasteiger partial charge in [0.05, 0.1) is 0 Å². The molecule has 0 aliphatic carbocycles. The van der Waals surface area contributed by atoms with Crippen molar-refractivity contribution in [2.75, 3.05) is 10.5 Å². The van der Waals surface area contributed by atoms with Crippen molar-refractivity contribution in [1.29, 1.82) is 0 Å². The second-order valence-electron chi connectivity index (χ2n) is 3.75. The van der Waals surface area contributed by atoms with Gasteiger partial charge in [0, 0.05) is 22.0 Å². The van der Waals surface area contributed by atoms with Crippen LogP contribution in [0.25, 0.3) is 0 Å². The van der Waals surface area contributed by atoms with Gasteiger partial charge in [-0.15, -0.1) is 0 Å². The summed E-state index contributed by atoms with van der Waals surface area (Å²) in [5.41, 5.74) is 8.29. The van der Waals surface area contributed by atoms with Crippen molar-refractivity contribution in [3.8, 4) is 0 Å². The largest absolute Gasteiger partial charge is 0.399 e. The van der Waals surface area contributed by atoms with Gasteiger partial charge >= 0.3 is 0 Å². The third-order valence-corrected chi connectivity index (χ3v) is 2.92. The summed E-state index contributed by atoms with van der Waals surface area (Å²) < 4.78 is 3.12. The minimum Gasteiger partial charge on any atom is -0.399 e. The second kappa shape index (κ2) is 5.05. The minimum atomic E-state index is 0.629. The maximum atomic E-state index is 5.62. The number of hydrogen-bond donors (Lipinski definition) is 2. The second-order valence-corrected chi connectivity index (χ2v) is 4.63. The molecule has 0 aliphatic heterocycles. The van der Waals surface area contributed by atoms with E-state index < -0.39 is 0 Å². The summed E-state index contributed by atoms with van der Waals surface area (Å²) in [6.07, 6.45) is 0. The number of nitrogen functional groups attached to an aromatic ring is 1. The van der Waals surface area contributed by atoms with Gasteiger partial charge in [0.2, 0.25) is 5.95 Å². The van der Waals surface area contributed by atoms with Crippen molar-refractivity contribution in [3.63, 3.8) is 0 Å². The zero-order valence-corrected chi connectivity index (χ0v) is 10.6. The number of benzene rings is 1. The summed E-state index contributed by atoms with van der Waals surface area (Å²) in [6, 6.07) is 9.59. The van der Waals surface area contributed by atoms with E-state index in [4.69, 9.17) is 5.73 Å². The van der Waals surface area contributed by atoms with Crippen molar-refractivity contribution in [1.82, 2.24) is 9.97 Å². The Hall–Kier alpha value is -1.75. The summed E-state index contributed by atoms with van der Waals surface area (Å²) in [5.74, 6) is 0.629. The molecule has 5 heteroatoms. The van der Waals surface area contributed by atoms with Crippen LogP contribution in [-0.2, 0) is 0 Å². The van der Waals surface area contributed by atoms with Crippen molar-refractivity contribution in [2.24, 2.45) is 0 Å². The highest BCUT2D eigenvalue weighted by atomic mass is 32.2. The highest BCUT2D eigenvalue weighted by Crippen LogP contribution is 2.20. The van der Waals surface area contributed by atoms with Crippen LogP contribution in [0.2, 0.25) is 0 Å². The lowest BCUT2D eigenvalue weighted by Crippen LogP contribution is -1.97. The monoisotopic (exact) mass is 246 g/mol. The normalized spacial score (nSPS) is 10.2. The van der Waals surface area contributed by atoms with E-state index in [-0.39, 0.29) is 0 Å². The Kier molecular flexibility index (Phi) is 3.49. The Morgan fingerprint density at radius 2 is 1.65 bits per heavy atom. The van der Waals surface area contributed by atoms with E-state index in [9.17, 15) is 0 Å². The lowest BCUT2D eigenvalue weighted by Gasteiger charge is -2.05. The standard InChI is InChI=1S/C12H14N4S/c1-8-7-9(2)15-12(14-8)16-17-11-5-3-10(13)4-6-11/h3-7H,13H2,1-2H3,(H,14,15,16). The molecular formula is C12H14N4S. The van der Waals surface area contributed by atoms with Crippen molar-refractivity contribution < 1.29 is 0 Å². The fourth-order valence-corrected chi connectivity index (χ4v) is 1.98. The van der Waals surface area contributed by atoms with E-state index in [1.165, 1.54) is 11.9 Å². The molecule has 0 saturated carbocycles. The first kappa shape index (κ1) is 11.7. The Balaban J connectivity index is 2.04. The van der Waals surface area contributed by atoms with Gasteiger partial charge in [0.25, 0.3) is 0 Å². The highest BCUT2D eigenvalue weighted by molar-refractivity contribution is 8.00. The first-order valence-corrected chi connectivity index (χ1v) is 6.06. The molecule has 1 aromatic heterocycles. The summed E-state index contributed by atoms with van der Waals surface area (Å²) in [6.45, 7) is 3.90. The molecule has 0 saturated heterocycles. The first-order valence-electron chi connectivity index (χ1n) is 5.24. The number of hydrogen-bond acceptors (Lipinski definition) is 5. The number of nitrogens with two attached hydrogens (primary N) is 1. The summed E-state index contributed by atoms with van der Waals surface area (Å²) in [5, 5.41) is 0. The van der Waals surface area contributed by atoms with Gasteiger partial charge in [-0.2, -0.15) is 0 Å². The Labute approximate surface area is 105 Å². The molecule has 0 fully saturated rings. The van der Waals surface area contributed by atoms with Crippen LogP contribution in [0.5, 0.6) is 0 Å². The van der Waals surface area contributed by atoms with Crippen LogP contribution in [-0.4, -0.2) is 9.97 Å². The fourth-order valence-electron chi connectivity index (χ4n) is 1.41. The van der Waals surface area contributed by atoms with Crippen LogP contribution >= 0.6 is 11.9 Å². The third kappa shape index (κ3) is 3.35. The zero-order chi connectivity index (χ0) is 12.3. The van der Waals surface area contributed by atoms with E-state index in [1.807, 2.05) is 44.2 Å². The van der Waals surface area contributed by atoms with Gasteiger partial charge < -0.3 is 5.73 Å². The molecule has 2 rings (SSSR count). The van der Waals surface area contributed by atoms with Crippen LogP contribution in [0, 0.1) is 13.8 Å². The van der Waals surface area contributed by atoms with E-state index in [1.54, 1.807) is 0 Å². The van der Waals surface area contributed by atoms with Crippen LogP contribution < -0.4 is 10.5 Å². The molecule has 0 spiro atoms. The number of rotatable bonds is 3. The van der Waals surface area contributed by atoms with Crippen molar-refractivity contribution in [3.05, 3.63) is 41.7 Å². The molecule has 4 nitrogen and oxygen atoms in total. The van der Waals surface area contributed by atoms with Gasteiger partial charge in [-0.25, -0.2) is 9.97 Å². The van der Waals surface area contributed by atoms with Crippen LogP contribution in [0.15, 0.2) is 35.2 Å². The van der Waals surface area contributed by atoms with E-state index in [0.29, 0.717) is 5.95 Å². The lowest BCUT2D eigenvalue weighted by atomic mass is 10.3. The van der Waals surface area contributed by atoms with E-state index in [0.717, 1.165) is 22.0 Å². The zero-order valence-electron chi connectivity index (χ0n) is 9.77. The molecule has 0 aliphatic rings. The lowest BCUT2D eigenvalue weighted by molar-refractivity contribution is 1.07. The van der Waals surface area contributed by atoms with E-state index in [2.05, 4.69) is 14.7 Å². The summed E-state index contributed by atoms with van der Waals surface area (Å²) in [7, 11) is 0. The van der Waals surface area contributed by atoms with Gasteiger partial charge in [-0.3, -0.25) is 4.72 Å². The van der Waals surface area contributed by atoms with Crippen molar-refractivity contribution >= 4 is 23.6 Å². The smallest absolute Gasteiger partial charge is 0.233 e. The number of aromatic nitrogens is 2. The average molecular weight is 246 g/mol. The van der Waals surface area contributed by atoms with Gasteiger partial charge in [-0.1, -0.05) is 0 Å². The van der Waals surface area contributed by atoms with Crippen LogP contribution in [0.4, 0.5) is 11.6 Å². The van der Waals surface area contributed by atoms with Crippen LogP contribution in [0.1, 0.15) is 11.4 Å². The molecule has 3 N–H and O–H groups in total. The van der Waals surface area contributed by atoms with Crippen molar-refractivity contribution in [2.45, 2.75) is 18.7 Å². The maximum absolute atomic E-state index is 5.62. The number of anilines is 2. The third-order valence-electron chi connectivity index (χ3n) is 2.12. The quantitative estimate of drug-likeness (QED) is 0.644. The molecule has 1 aromatic carbocycles. The molecule has 1 heterocycles. The molecule has 0 amide bonds. The predicted octanol–water partition coefficient (Wildman–Crippen LogP) is 2.79. The predicted molar refractivity (Wildman–Crippen MR) is 71.8 cm³/mol. The number of nitrogens with one attached hydrogen (secondary N) is 1. The molecular weight excluding hydrogens is 232 g/mol. The summed E-state index contributed by atoms with van der Waals surface area (Å²) in [4.78, 5) is 9.67. The molecule has 88 valence electrons. The molecule has 0 radical (unpaired) electrons. The average Bonchev–Trinajstić information content (AvgIpc) is 2.27. The highest BCUT2D eigenvalue weighted by Gasteiger charge is 2.00. The summed E-state index contributed by atoms with van der Waals surface area (Å²) >= 11 is 1.47. The SMILES string of the molecule is Cc1cc(C)nc(NSc2ccc(N)cc2)n1. The Morgan fingerprint density at radius 3 is 2.24 bits per heavy atom. The Morgan fingerprint density at radius 1 is 1.06 bits per heavy atom. The molecule has 0 bridgehead atoms. The topological polar surface area (TPSA) is 63.8 Å². The van der Waals surface area contributed by atoms with Gasteiger partial charge in [0.15, 0.2) is 0 Å². The van der Waals surface area contributed by atoms with Gasteiger partial charge in [-0.05, 0) is 56.1 Å². The number of aryl methyl sites for hydroxylation is 2. The number of nitrogens with zero attached hydrogens (tertiary/aromatic N) is 2.